The van der Waals surface area contributed by atoms with Gasteiger partial charge in [0.15, 0.2) is 12.6 Å². The normalized spacial score (nSPS) is 12.7. The Labute approximate surface area is 163 Å². The lowest BCUT2D eigenvalue weighted by atomic mass is 10.1. The van der Waals surface area contributed by atoms with Gasteiger partial charge < -0.3 is 15.4 Å². The molecule has 0 heterocycles. The van der Waals surface area contributed by atoms with E-state index in [1.54, 1.807) is 26.0 Å². The second-order valence-electron chi connectivity index (χ2n) is 5.93. The minimum atomic E-state index is -4.42. The van der Waals surface area contributed by atoms with Gasteiger partial charge in [0.1, 0.15) is 5.75 Å². The lowest BCUT2D eigenvalue weighted by Crippen LogP contribution is -2.41. The second-order valence-corrected chi connectivity index (χ2v) is 8.03. The molecule has 0 saturated heterocycles. The first-order chi connectivity index (χ1) is 13.1. The number of aryl methyl sites for hydroxylation is 1. The fourth-order valence-electron chi connectivity index (χ4n) is 2.08. The van der Waals surface area contributed by atoms with Gasteiger partial charge in [0.05, 0.1) is 12.3 Å². The van der Waals surface area contributed by atoms with E-state index in [-0.39, 0.29) is 24.6 Å². The summed E-state index contributed by atoms with van der Waals surface area (Å²) in [7, 11) is -3.27. The summed E-state index contributed by atoms with van der Waals surface area (Å²) in [5.41, 5.74) is 1.29. The van der Waals surface area contributed by atoms with E-state index in [4.69, 9.17) is 4.74 Å². The Bertz CT molecular complexity index is 753. The van der Waals surface area contributed by atoms with Crippen molar-refractivity contribution in [2.45, 2.75) is 33.5 Å². The van der Waals surface area contributed by atoms with E-state index in [0.29, 0.717) is 24.6 Å². The Balaban J connectivity index is 2.75. The Morgan fingerprint density at radius 1 is 1.18 bits per heavy atom. The van der Waals surface area contributed by atoms with E-state index >= 15 is 0 Å². The third-order valence-corrected chi connectivity index (χ3v) is 4.89. The summed E-state index contributed by atoms with van der Waals surface area (Å²) in [5, 5.41) is 5.96. The number of alkyl halides is 3. The Kier molecular flexibility index (Phi) is 9.53. The molecule has 1 aromatic carbocycles. The summed E-state index contributed by atoms with van der Waals surface area (Å²) in [6, 6.07) is 4.98. The highest BCUT2D eigenvalue weighted by Crippen LogP contribution is 2.24. The second kappa shape index (κ2) is 11.1. The Morgan fingerprint density at radius 3 is 2.50 bits per heavy atom. The minimum absolute atomic E-state index is 0.00468. The fourth-order valence-corrected chi connectivity index (χ4v) is 2.70. The highest BCUT2D eigenvalue weighted by Gasteiger charge is 2.28. The zero-order valence-corrected chi connectivity index (χ0v) is 17.0. The van der Waals surface area contributed by atoms with Gasteiger partial charge in [-0.05, 0) is 32.4 Å². The maximum atomic E-state index is 12.4. The molecule has 28 heavy (non-hydrogen) atoms. The van der Waals surface area contributed by atoms with Gasteiger partial charge in [-0.2, -0.15) is 13.2 Å². The van der Waals surface area contributed by atoms with Crippen LogP contribution in [-0.4, -0.2) is 52.5 Å². The molecular formula is C17H27F3N4O3S. The van der Waals surface area contributed by atoms with Crippen molar-refractivity contribution in [3.8, 4) is 5.75 Å². The summed E-state index contributed by atoms with van der Waals surface area (Å²) < 4.78 is 67.5. The molecular weight excluding hydrogens is 397 g/mol. The minimum Gasteiger partial charge on any atom is -0.484 e. The number of ether oxygens (including phenoxy) is 1. The molecule has 0 aromatic heterocycles. The molecule has 0 aliphatic heterocycles. The maximum Gasteiger partial charge on any atom is 0.422 e. The van der Waals surface area contributed by atoms with Gasteiger partial charge in [-0.15, -0.1) is 0 Å². The van der Waals surface area contributed by atoms with Crippen LogP contribution in [0.5, 0.6) is 5.75 Å². The average Bonchev–Trinajstić information content (AvgIpc) is 2.61. The average molecular weight is 424 g/mol. The van der Waals surface area contributed by atoms with Crippen LogP contribution < -0.4 is 20.1 Å². The quantitative estimate of drug-likeness (QED) is 0.303. The number of aliphatic imine (C=N–C) groups is 1. The Hall–Kier alpha value is -2.01. The van der Waals surface area contributed by atoms with E-state index in [1.807, 2.05) is 6.92 Å². The molecule has 0 unspecified atom stereocenters. The standard InChI is InChI=1S/C17H27F3N4O3S/c1-4-21-16(22-8-9-24-28(25,26)5-2)23-11-14-7-6-13(3)10-15(14)27-12-17(18,19)20/h6-7,10,24H,4-5,8-9,11-12H2,1-3H3,(H2,21,22,23). The number of hydrogen-bond acceptors (Lipinski definition) is 4. The van der Waals surface area contributed by atoms with Gasteiger partial charge in [-0.1, -0.05) is 12.1 Å². The lowest BCUT2D eigenvalue weighted by molar-refractivity contribution is -0.153. The number of hydrogen-bond donors (Lipinski definition) is 3. The zero-order chi connectivity index (χ0) is 21.2. The highest BCUT2D eigenvalue weighted by molar-refractivity contribution is 7.89. The zero-order valence-electron chi connectivity index (χ0n) is 16.2. The molecule has 0 spiro atoms. The summed E-state index contributed by atoms with van der Waals surface area (Å²) >= 11 is 0. The van der Waals surface area contributed by atoms with Crippen molar-refractivity contribution in [2.24, 2.45) is 4.99 Å². The molecule has 7 nitrogen and oxygen atoms in total. The number of guanidine groups is 1. The van der Waals surface area contributed by atoms with Crippen LogP contribution in [0.3, 0.4) is 0 Å². The summed E-state index contributed by atoms with van der Waals surface area (Å²) in [4.78, 5) is 4.33. The van der Waals surface area contributed by atoms with Crippen LogP contribution >= 0.6 is 0 Å². The maximum absolute atomic E-state index is 12.4. The van der Waals surface area contributed by atoms with Crippen LogP contribution in [-0.2, 0) is 16.6 Å². The van der Waals surface area contributed by atoms with E-state index in [2.05, 4.69) is 20.3 Å². The molecule has 160 valence electrons. The number of benzene rings is 1. The molecule has 3 N–H and O–H groups in total. The van der Waals surface area contributed by atoms with E-state index in [1.165, 1.54) is 6.07 Å². The number of sulfonamides is 1. The number of rotatable bonds is 10. The van der Waals surface area contributed by atoms with Crippen molar-refractivity contribution in [1.82, 2.24) is 15.4 Å². The largest absolute Gasteiger partial charge is 0.484 e. The van der Waals surface area contributed by atoms with E-state index in [9.17, 15) is 21.6 Å². The van der Waals surface area contributed by atoms with Crippen molar-refractivity contribution >= 4 is 16.0 Å². The number of nitrogens with one attached hydrogen (secondary N) is 3. The van der Waals surface area contributed by atoms with E-state index in [0.717, 1.165) is 5.56 Å². The molecule has 1 rings (SSSR count). The van der Waals surface area contributed by atoms with Crippen molar-refractivity contribution in [3.05, 3.63) is 29.3 Å². The van der Waals surface area contributed by atoms with Crippen LogP contribution in [0.2, 0.25) is 0 Å². The SMILES string of the molecule is CCNC(=NCc1ccc(C)cc1OCC(F)(F)F)NCCNS(=O)(=O)CC. The molecule has 11 heteroatoms. The van der Waals surface area contributed by atoms with Crippen molar-refractivity contribution in [3.63, 3.8) is 0 Å². The molecule has 1 aromatic rings. The van der Waals surface area contributed by atoms with Gasteiger partial charge >= 0.3 is 6.18 Å². The van der Waals surface area contributed by atoms with Crippen molar-refractivity contribution < 1.29 is 26.3 Å². The first-order valence-corrected chi connectivity index (χ1v) is 10.5. The van der Waals surface area contributed by atoms with E-state index < -0.39 is 22.8 Å². The molecule has 0 aliphatic rings. The highest BCUT2D eigenvalue weighted by atomic mass is 32.2. The third kappa shape index (κ3) is 9.79. The van der Waals surface area contributed by atoms with Crippen molar-refractivity contribution in [1.29, 1.82) is 0 Å². The van der Waals surface area contributed by atoms with Crippen LogP contribution in [0.15, 0.2) is 23.2 Å². The van der Waals surface area contributed by atoms with Gasteiger partial charge in [0.25, 0.3) is 0 Å². The molecule has 0 bridgehead atoms. The Morgan fingerprint density at radius 2 is 1.89 bits per heavy atom. The van der Waals surface area contributed by atoms with Gasteiger partial charge in [-0.25, -0.2) is 18.1 Å². The topological polar surface area (TPSA) is 91.8 Å². The third-order valence-electron chi connectivity index (χ3n) is 3.49. The number of halogens is 3. The molecule has 0 amide bonds. The lowest BCUT2D eigenvalue weighted by Gasteiger charge is -2.14. The van der Waals surface area contributed by atoms with Gasteiger partial charge in [-0.3, -0.25) is 0 Å². The summed E-state index contributed by atoms with van der Waals surface area (Å²) in [5.74, 6) is 0.545. The van der Waals surface area contributed by atoms with Crippen molar-refractivity contribution in [2.75, 3.05) is 32.0 Å². The monoisotopic (exact) mass is 424 g/mol. The molecule has 0 radical (unpaired) electrons. The smallest absolute Gasteiger partial charge is 0.422 e. The number of nitrogens with zero attached hydrogens (tertiary/aromatic N) is 1. The molecule has 0 atom stereocenters. The van der Waals surface area contributed by atoms with Crippen LogP contribution in [0.25, 0.3) is 0 Å². The molecule has 0 fully saturated rings. The fraction of sp³-hybridized carbons (Fsp3) is 0.588. The predicted molar refractivity (Wildman–Crippen MR) is 103 cm³/mol. The summed E-state index contributed by atoms with van der Waals surface area (Å²) in [6.07, 6.45) is -4.42. The van der Waals surface area contributed by atoms with Crippen LogP contribution in [0.1, 0.15) is 25.0 Å². The summed E-state index contributed by atoms with van der Waals surface area (Å²) in [6.45, 7) is 4.95. The van der Waals surface area contributed by atoms with Gasteiger partial charge in [0.2, 0.25) is 10.0 Å². The van der Waals surface area contributed by atoms with Crippen LogP contribution in [0.4, 0.5) is 13.2 Å². The first-order valence-electron chi connectivity index (χ1n) is 8.85. The molecule has 0 aliphatic carbocycles. The predicted octanol–water partition coefficient (Wildman–Crippen LogP) is 1.93. The first kappa shape index (κ1) is 24.0. The van der Waals surface area contributed by atoms with Crippen LogP contribution in [0, 0.1) is 6.92 Å². The van der Waals surface area contributed by atoms with Gasteiger partial charge in [0, 0.05) is 25.2 Å². The molecule has 0 saturated carbocycles.